The SMILES string of the molecule is Cc1cc(-c2ccccc2)cc([Si](C)(C)C)c1. The van der Waals surface area contributed by atoms with E-state index < -0.39 is 8.07 Å². The molecule has 0 heterocycles. The molecule has 0 saturated carbocycles. The number of benzene rings is 2. The normalized spacial score (nSPS) is 11.5. The van der Waals surface area contributed by atoms with Gasteiger partial charge in [0.2, 0.25) is 0 Å². The van der Waals surface area contributed by atoms with E-state index in [1.807, 2.05) is 0 Å². The van der Waals surface area contributed by atoms with Gasteiger partial charge in [-0.05, 0) is 18.1 Å². The molecule has 2 aromatic rings. The van der Waals surface area contributed by atoms with Gasteiger partial charge in [0.1, 0.15) is 0 Å². The van der Waals surface area contributed by atoms with Crippen LogP contribution >= 0.6 is 0 Å². The molecule has 1 heteroatoms. The molecule has 17 heavy (non-hydrogen) atoms. The largest absolute Gasteiger partial charge is 0.0776 e. The molecule has 0 saturated heterocycles. The van der Waals surface area contributed by atoms with Crippen LogP contribution in [0.5, 0.6) is 0 Å². The van der Waals surface area contributed by atoms with Crippen LogP contribution in [-0.2, 0) is 0 Å². The highest BCUT2D eigenvalue weighted by molar-refractivity contribution is 6.88. The maximum Gasteiger partial charge on any atom is 0.0776 e. The fourth-order valence-electron chi connectivity index (χ4n) is 2.01. The highest BCUT2D eigenvalue weighted by Crippen LogP contribution is 2.20. The van der Waals surface area contributed by atoms with E-state index in [9.17, 15) is 0 Å². The first-order valence-corrected chi connectivity index (χ1v) is 9.64. The molecule has 0 aliphatic rings. The van der Waals surface area contributed by atoms with Crippen molar-refractivity contribution in [2.24, 2.45) is 0 Å². The minimum atomic E-state index is -1.23. The number of aryl methyl sites for hydroxylation is 1. The summed E-state index contributed by atoms with van der Waals surface area (Å²) in [7, 11) is -1.23. The molecule has 0 unspecified atom stereocenters. The summed E-state index contributed by atoms with van der Waals surface area (Å²) in [4.78, 5) is 0. The Morgan fingerprint density at radius 2 is 1.41 bits per heavy atom. The van der Waals surface area contributed by atoms with Gasteiger partial charge in [0.25, 0.3) is 0 Å². The lowest BCUT2D eigenvalue weighted by Gasteiger charge is -2.18. The third-order valence-electron chi connectivity index (χ3n) is 3.05. The Morgan fingerprint density at radius 3 is 2.00 bits per heavy atom. The second-order valence-electron chi connectivity index (χ2n) is 5.70. The van der Waals surface area contributed by atoms with Crippen LogP contribution < -0.4 is 5.19 Å². The molecule has 0 aromatic heterocycles. The lowest BCUT2D eigenvalue weighted by atomic mass is 10.0. The fraction of sp³-hybridized carbons (Fsp3) is 0.250. The van der Waals surface area contributed by atoms with Crippen molar-refractivity contribution in [3.63, 3.8) is 0 Å². The van der Waals surface area contributed by atoms with Gasteiger partial charge in [0.15, 0.2) is 0 Å². The van der Waals surface area contributed by atoms with E-state index in [1.165, 1.54) is 21.9 Å². The molecule has 88 valence electrons. The van der Waals surface area contributed by atoms with Crippen LogP contribution in [0.25, 0.3) is 11.1 Å². The van der Waals surface area contributed by atoms with Crippen molar-refractivity contribution in [3.8, 4) is 11.1 Å². The highest BCUT2D eigenvalue weighted by Gasteiger charge is 2.17. The zero-order valence-electron chi connectivity index (χ0n) is 11.1. The average molecular weight is 240 g/mol. The van der Waals surface area contributed by atoms with E-state index in [0.29, 0.717) is 0 Å². The molecule has 0 aliphatic carbocycles. The topological polar surface area (TPSA) is 0 Å². The predicted octanol–water partition coefficient (Wildman–Crippen LogP) is 4.21. The first-order valence-electron chi connectivity index (χ1n) is 6.14. The average Bonchev–Trinajstić information content (AvgIpc) is 2.28. The van der Waals surface area contributed by atoms with Gasteiger partial charge in [-0.1, -0.05) is 78.9 Å². The summed E-state index contributed by atoms with van der Waals surface area (Å²) in [5.74, 6) is 0. The monoisotopic (exact) mass is 240 g/mol. The van der Waals surface area contributed by atoms with Crippen molar-refractivity contribution in [3.05, 3.63) is 54.1 Å². The van der Waals surface area contributed by atoms with E-state index in [2.05, 4.69) is 75.1 Å². The van der Waals surface area contributed by atoms with E-state index in [1.54, 1.807) is 0 Å². The summed E-state index contributed by atoms with van der Waals surface area (Å²) < 4.78 is 0. The van der Waals surface area contributed by atoms with Gasteiger partial charge < -0.3 is 0 Å². The van der Waals surface area contributed by atoms with E-state index >= 15 is 0 Å². The Kier molecular flexibility index (Phi) is 3.21. The predicted molar refractivity (Wildman–Crippen MR) is 79.6 cm³/mol. The number of hydrogen-bond donors (Lipinski definition) is 0. The lowest BCUT2D eigenvalue weighted by Crippen LogP contribution is -2.37. The van der Waals surface area contributed by atoms with Crippen molar-refractivity contribution in [2.75, 3.05) is 0 Å². The van der Waals surface area contributed by atoms with E-state index in [0.717, 1.165) is 0 Å². The number of hydrogen-bond acceptors (Lipinski definition) is 0. The van der Waals surface area contributed by atoms with Crippen LogP contribution in [0.2, 0.25) is 19.6 Å². The third-order valence-corrected chi connectivity index (χ3v) is 5.07. The molecular formula is C16H20Si. The molecule has 0 N–H and O–H groups in total. The van der Waals surface area contributed by atoms with Crippen LogP contribution in [0.15, 0.2) is 48.5 Å². The molecule has 0 amide bonds. The summed E-state index contributed by atoms with van der Waals surface area (Å²) in [6.45, 7) is 9.39. The van der Waals surface area contributed by atoms with Gasteiger partial charge in [-0.2, -0.15) is 0 Å². The second-order valence-corrected chi connectivity index (χ2v) is 10.8. The fourth-order valence-corrected chi connectivity index (χ4v) is 3.26. The molecule has 2 aromatic carbocycles. The van der Waals surface area contributed by atoms with Gasteiger partial charge in [-0.25, -0.2) is 0 Å². The quantitative estimate of drug-likeness (QED) is 0.690. The molecule has 0 nitrogen and oxygen atoms in total. The van der Waals surface area contributed by atoms with Crippen molar-refractivity contribution in [1.29, 1.82) is 0 Å². The van der Waals surface area contributed by atoms with Gasteiger partial charge in [0, 0.05) is 0 Å². The standard InChI is InChI=1S/C16H20Si/c1-13-10-15(14-8-6-5-7-9-14)12-16(11-13)17(2,3)4/h5-12H,1-4H3. The summed E-state index contributed by atoms with van der Waals surface area (Å²) in [6, 6.07) is 17.6. The smallest absolute Gasteiger partial charge is 0.0656 e. The minimum Gasteiger partial charge on any atom is -0.0656 e. The van der Waals surface area contributed by atoms with Crippen LogP contribution in [0.4, 0.5) is 0 Å². The maximum atomic E-state index is 2.40. The van der Waals surface area contributed by atoms with Gasteiger partial charge in [-0.15, -0.1) is 0 Å². The first kappa shape index (κ1) is 12.1. The summed E-state index contributed by atoms with van der Waals surface area (Å²) in [6.07, 6.45) is 0. The molecule has 0 spiro atoms. The summed E-state index contributed by atoms with van der Waals surface area (Å²) in [5.41, 5.74) is 4.03. The van der Waals surface area contributed by atoms with Gasteiger partial charge >= 0.3 is 0 Å². The van der Waals surface area contributed by atoms with Crippen molar-refractivity contribution in [1.82, 2.24) is 0 Å². The Bertz CT molecular complexity index is 507. The van der Waals surface area contributed by atoms with Crippen LogP contribution in [-0.4, -0.2) is 8.07 Å². The Hall–Kier alpha value is -1.34. The van der Waals surface area contributed by atoms with Crippen LogP contribution in [0, 0.1) is 6.92 Å². The Balaban J connectivity index is 2.54. The third kappa shape index (κ3) is 2.86. The zero-order chi connectivity index (χ0) is 12.5. The first-order chi connectivity index (χ1) is 7.97. The van der Waals surface area contributed by atoms with Gasteiger partial charge in [-0.3, -0.25) is 0 Å². The molecular weight excluding hydrogens is 220 g/mol. The number of rotatable bonds is 2. The van der Waals surface area contributed by atoms with Crippen molar-refractivity contribution < 1.29 is 0 Å². The zero-order valence-corrected chi connectivity index (χ0v) is 12.1. The Labute approximate surface area is 105 Å². The van der Waals surface area contributed by atoms with Crippen molar-refractivity contribution >= 4 is 13.3 Å². The molecule has 2 rings (SSSR count). The van der Waals surface area contributed by atoms with Gasteiger partial charge in [0.05, 0.1) is 8.07 Å². The van der Waals surface area contributed by atoms with E-state index in [-0.39, 0.29) is 0 Å². The second kappa shape index (κ2) is 4.50. The Morgan fingerprint density at radius 1 is 0.765 bits per heavy atom. The van der Waals surface area contributed by atoms with E-state index in [4.69, 9.17) is 0 Å². The molecule has 0 atom stereocenters. The van der Waals surface area contributed by atoms with Crippen LogP contribution in [0.1, 0.15) is 5.56 Å². The highest BCUT2D eigenvalue weighted by atomic mass is 28.3. The molecule has 0 aliphatic heterocycles. The molecule has 0 fully saturated rings. The lowest BCUT2D eigenvalue weighted by molar-refractivity contribution is 1.47. The molecule has 0 bridgehead atoms. The summed E-state index contributed by atoms with van der Waals surface area (Å²) >= 11 is 0. The van der Waals surface area contributed by atoms with Crippen molar-refractivity contribution in [2.45, 2.75) is 26.6 Å². The minimum absolute atomic E-state index is 1.23. The maximum absolute atomic E-state index is 2.40. The molecule has 0 radical (unpaired) electrons. The van der Waals surface area contributed by atoms with Crippen LogP contribution in [0.3, 0.4) is 0 Å². The summed E-state index contributed by atoms with van der Waals surface area (Å²) in [5, 5.41) is 1.54.